The van der Waals surface area contributed by atoms with E-state index in [-0.39, 0.29) is 24.9 Å². The summed E-state index contributed by atoms with van der Waals surface area (Å²) in [4.78, 5) is 0. The van der Waals surface area contributed by atoms with Crippen molar-refractivity contribution >= 4 is 0 Å². The molecule has 2 nitrogen and oxygen atoms in total. The molecule has 0 aliphatic rings. The summed E-state index contributed by atoms with van der Waals surface area (Å²) in [6.45, 7) is 1.90. The highest BCUT2D eigenvalue weighted by atomic mass is 19.4. The van der Waals surface area contributed by atoms with Gasteiger partial charge in [0.15, 0.2) is 0 Å². The summed E-state index contributed by atoms with van der Waals surface area (Å²) in [5.74, 6) is -0.141. The van der Waals surface area contributed by atoms with Crippen LogP contribution in [0.3, 0.4) is 0 Å². The zero-order valence-electron chi connectivity index (χ0n) is 12.1. The number of hydrogen-bond acceptors (Lipinski definition) is 2. The molecule has 0 saturated heterocycles. The first-order valence-electron chi connectivity index (χ1n) is 6.88. The summed E-state index contributed by atoms with van der Waals surface area (Å²) < 4.78 is 43.4. The molecule has 118 valence electrons. The van der Waals surface area contributed by atoms with Crippen LogP contribution in [0.5, 0.6) is 5.75 Å². The van der Waals surface area contributed by atoms with Crippen LogP contribution in [-0.2, 0) is 6.18 Å². The number of aryl methyl sites for hydroxylation is 1. The lowest BCUT2D eigenvalue weighted by Crippen LogP contribution is -2.15. The molecular formula is C17H17F3O2. The summed E-state index contributed by atoms with van der Waals surface area (Å²) in [6, 6.07) is 12.3. The molecule has 1 unspecified atom stereocenters. The lowest BCUT2D eigenvalue weighted by Gasteiger charge is -2.18. The van der Waals surface area contributed by atoms with E-state index in [9.17, 15) is 18.3 Å². The molecule has 0 saturated carbocycles. The number of halogens is 3. The third-order valence-corrected chi connectivity index (χ3v) is 3.46. The van der Waals surface area contributed by atoms with Crippen molar-refractivity contribution in [2.45, 2.75) is 19.0 Å². The third kappa shape index (κ3) is 4.01. The zero-order valence-corrected chi connectivity index (χ0v) is 12.1. The first-order valence-corrected chi connectivity index (χ1v) is 6.88. The molecular weight excluding hydrogens is 293 g/mol. The van der Waals surface area contributed by atoms with Crippen LogP contribution in [0.1, 0.15) is 22.6 Å². The fourth-order valence-corrected chi connectivity index (χ4v) is 2.24. The Bertz CT molecular complexity index is 623. The number of benzene rings is 2. The minimum Gasteiger partial charge on any atom is -0.493 e. The Balaban J connectivity index is 2.10. The standard InChI is InChI=1S/C17H17F3O2/c1-12-5-2-3-8-16(12)13(10-21)11-22-15-7-4-6-14(9-15)17(18,19)20/h2-9,13,21H,10-11H2,1H3. The lowest BCUT2D eigenvalue weighted by molar-refractivity contribution is -0.137. The van der Waals surface area contributed by atoms with Crippen LogP contribution < -0.4 is 4.74 Å². The second-order valence-electron chi connectivity index (χ2n) is 5.07. The van der Waals surface area contributed by atoms with Gasteiger partial charge in [-0.15, -0.1) is 0 Å². The number of ether oxygens (including phenoxy) is 1. The number of rotatable bonds is 5. The predicted molar refractivity (Wildman–Crippen MR) is 77.9 cm³/mol. The molecule has 0 aliphatic carbocycles. The van der Waals surface area contributed by atoms with Crippen molar-refractivity contribution in [1.82, 2.24) is 0 Å². The molecule has 2 aromatic rings. The summed E-state index contributed by atoms with van der Waals surface area (Å²) in [5, 5.41) is 9.51. The average Bonchev–Trinajstić information content (AvgIpc) is 2.49. The molecule has 0 heterocycles. The van der Waals surface area contributed by atoms with Crippen molar-refractivity contribution in [3.05, 3.63) is 65.2 Å². The number of aliphatic hydroxyl groups excluding tert-OH is 1. The minimum absolute atomic E-state index is 0.114. The van der Waals surface area contributed by atoms with Gasteiger partial charge in [-0.1, -0.05) is 30.3 Å². The van der Waals surface area contributed by atoms with Crippen LogP contribution in [0, 0.1) is 6.92 Å². The van der Waals surface area contributed by atoms with E-state index in [2.05, 4.69) is 0 Å². The second kappa shape index (κ2) is 6.83. The number of hydrogen-bond donors (Lipinski definition) is 1. The number of aliphatic hydroxyl groups is 1. The summed E-state index contributed by atoms with van der Waals surface area (Å²) in [6.07, 6.45) is -4.40. The molecule has 5 heteroatoms. The predicted octanol–water partition coefficient (Wildman–Crippen LogP) is 4.17. The maximum atomic E-state index is 12.7. The van der Waals surface area contributed by atoms with E-state index in [1.54, 1.807) is 0 Å². The SMILES string of the molecule is Cc1ccccc1C(CO)COc1cccc(C(F)(F)F)c1. The van der Waals surface area contributed by atoms with Crippen molar-refractivity contribution in [2.24, 2.45) is 0 Å². The molecule has 0 aliphatic heterocycles. The Morgan fingerprint density at radius 3 is 2.45 bits per heavy atom. The van der Waals surface area contributed by atoms with Crippen LogP contribution >= 0.6 is 0 Å². The van der Waals surface area contributed by atoms with Gasteiger partial charge in [-0.2, -0.15) is 13.2 Å². The van der Waals surface area contributed by atoms with E-state index < -0.39 is 11.7 Å². The summed E-state index contributed by atoms with van der Waals surface area (Å²) in [5.41, 5.74) is 1.19. The van der Waals surface area contributed by atoms with E-state index in [4.69, 9.17) is 4.74 Å². The van der Waals surface area contributed by atoms with Crippen molar-refractivity contribution in [3.8, 4) is 5.75 Å². The molecule has 0 bridgehead atoms. The van der Waals surface area contributed by atoms with Crippen molar-refractivity contribution in [2.75, 3.05) is 13.2 Å². The van der Waals surface area contributed by atoms with Gasteiger partial charge in [0.05, 0.1) is 18.8 Å². The highest BCUT2D eigenvalue weighted by Crippen LogP contribution is 2.31. The summed E-state index contributed by atoms with van der Waals surface area (Å²) in [7, 11) is 0. The molecule has 2 aromatic carbocycles. The Morgan fingerprint density at radius 2 is 1.82 bits per heavy atom. The van der Waals surface area contributed by atoms with Crippen LogP contribution in [0.4, 0.5) is 13.2 Å². The molecule has 0 spiro atoms. The van der Waals surface area contributed by atoms with Gasteiger partial charge in [0.2, 0.25) is 0 Å². The maximum absolute atomic E-state index is 12.7. The van der Waals surface area contributed by atoms with Crippen LogP contribution in [0.15, 0.2) is 48.5 Å². The highest BCUT2D eigenvalue weighted by molar-refractivity contribution is 5.32. The Labute approximate surface area is 127 Å². The van der Waals surface area contributed by atoms with Gasteiger partial charge in [-0.25, -0.2) is 0 Å². The first kappa shape index (κ1) is 16.4. The lowest BCUT2D eigenvalue weighted by atomic mass is 9.96. The van der Waals surface area contributed by atoms with Gasteiger partial charge in [-0.3, -0.25) is 0 Å². The van der Waals surface area contributed by atoms with Crippen LogP contribution in [-0.4, -0.2) is 18.3 Å². The van der Waals surface area contributed by atoms with E-state index in [1.807, 2.05) is 31.2 Å². The molecule has 1 atom stereocenters. The zero-order chi connectivity index (χ0) is 16.2. The van der Waals surface area contributed by atoms with Crippen molar-refractivity contribution in [3.63, 3.8) is 0 Å². The molecule has 0 radical (unpaired) electrons. The van der Waals surface area contributed by atoms with Gasteiger partial charge in [0, 0.05) is 5.92 Å². The quantitative estimate of drug-likeness (QED) is 0.898. The fraction of sp³-hybridized carbons (Fsp3) is 0.294. The van der Waals surface area contributed by atoms with E-state index >= 15 is 0 Å². The molecule has 22 heavy (non-hydrogen) atoms. The Hall–Kier alpha value is -2.01. The van der Waals surface area contributed by atoms with Gasteiger partial charge < -0.3 is 9.84 Å². The largest absolute Gasteiger partial charge is 0.493 e. The second-order valence-corrected chi connectivity index (χ2v) is 5.07. The Kier molecular flexibility index (Phi) is 5.08. The van der Waals surface area contributed by atoms with Gasteiger partial charge in [0.25, 0.3) is 0 Å². The molecule has 0 amide bonds. The van der Waals surface area contributed by atoms with Gasteiger partial charge in [-0.05, 0) is 36.2 Å². The number of alkyl halides is 3. The summed E-state index contributed by atoms with van der Waals surface area (Å²) >= 11 is 0. The molecule has 2 rings (SSSR count). The average molecular weight is 310 g/mol. The van der Waals surface area contributed by atoms with Gasteiger partial charge in [0.1, 0.15) is 5.75 Å². The molecule has 0 fully saturated rings. The monoisotopic (exact) mass is 310 g/mol. The topological polar surface area (TPSA) is 29.5 Å². The fourth-order valence-electron chi connectivity index (χ4n) is 2.24. The maximum Gasteiger partial charge on any atom is 0.416 e. The molecule has 0 aromatic heterocycles. The normalized spacial score (nSPS) is 13.0. The van der Waals surface area contributed by atoms with Gasteiger partial charge >= 0.3 is 6.18 Å². The minimum atomic E-state index is -4.40. The van der Waals surface area contributed by atoms with E-state index in [0.717, 1.165) is 23.3 Å². The van der Waals surface area contributed by atoms with Crippen molar-refractivity contribution in [1.29, 1.82) is 0 Å². The highest BCUT2D eigenvalue weighted by Gasteiger charge is 2.30. The van der Waals surface area contributed by atoms with E-state index in [1.165, 1.54) is 12.1 Å². The molecule has 1 N–H and O–H groups in total. The van der Waals surface area contributed by atoms with E-state index in [0.29, 0.717) is 0 Å². The van der Waals surface area contributed by atoms with Crippen LogP contribution in [0.25, 0.3) is 0 Å². The first-order chi connectivity index (χ1) is 10.4. The smallest absolute Gasteiger partial charge is 0.416 e. The van der Waals surface area contributed by atoms with Crippen molar-refractivity contribution < 1.29 is 23.0 Å². The Morgan fingerprint density at radius 1 is 1.09 bits per heavy atom. The van der Waals surface area contributed by atoms with Crippen LogP contribution in [0.2, 0.25) is 0 Å². The third-order valence-electron chi connectivity index (χ3n) is 3.46.